The van der Waals surface area contributed by atoms with Crippen LogP contribution in [0.3, 0.4) is 0 Å². The molecular weight excluding hydrogens is 304 g/mol. The number of methoxy groups -OCH3 is 1. The Bertz CT molecular complexity index is 859. The zero-order valence-corrected chi connectivity index (χ0v) is 12.0. The third-order valence-corrected chi connectivity index (χ3v) is 3.47. The summed E-state index contributed by atoms with van der Waals surface area (Å²) in [5.74, 6) is -2.04. The van der Waals surface area contributed by atoms with E-state index in [2.05, 4.69) is 5.32 Å². The topological polar surface area (TPSA) is 55.4 Å². The van der Waals surface area contributed by atoms with Crippen LogP contribution in [0.5, 0.6) is 5.75 Å². The first kappa shape index (κ1) is 14.9. The molecule has 4 nitrogen and oxygen atoms in total. The van der Waals surface area contributed by atoms with Gasteiger partial charge in [-0.25, -0.2) is 8.78 Å². The van der Waals surface area contributed by atoms with Crippen molar-refractivity contribution in [2.24, 2.45) is 0 Å². The van der Waals surface area contributed by atoms with Crippen molar-refractivity contribution in [3.8, 4) is 5.75 Å². The summed E-state index contributed by atoms with van der Waals surface area (Å²) in [5, 5.41) is 2.55. The number of hydrogen-bond acceptors (Lipinski definition) is 3. The van der Waals surface area contributed by atoms with E-state index in [0.717, 1.165) is 18.2 Å². The van der Waals surface area contributed by atoms with E-state index in [1.165, 1.54) is 31.4 Å². The molecule has 3 rings (SSSR count). The molecule has 1 aliphatic heterocycles. The zero-order valence-electron chi connectivity index (χ0n) is 12.0. The van der Waals surface area contributed by atoms with Gasteiger partial charge < -0.3 is 10.1 Å². The molecule has 2 aromatic carbocycles. The van der Waals surface area contributed by atoms with Crippen molar-refractivity contribution < 1.29 is 23.1 Å². The van der Waals surface area contributed by atoms with Gasteiger partial charge in [-0.3, -0.25) is 9.59 Å². The molecule has 23 heavy (non-hydrogen) atoms. The Hall–Kier alpha value is -3.02. The van der Waals surface area contributed by atoms with Gasteiger partial charge in [0.15, 0.2) is 5.78 Å². The van der Waals surface area contributed by atoms with E-state index >= 15 is 0 Å². The van der Waals surface area contributed by atoms with Crippen LogP contribution in [0.15, 0.2) is 42.5 Å². The first-order valence-corrected chi connectivity index (χ1v) is 6.70. The van der Waals surface area contributed by atoms with E-state index in [4.69, 9.17) is 4.74 Å². The number of halogens is 2. The lowest BCUT2D eigenvalue weighted by Crippen LogP contribution is -2.06. The molecule has 0 spiro atoms. The normalized spacial score (nSPS) is 14.6. The molecule has 6 heteroatoms. The lowest BCUT2D eigenvalue weighted by molar-refractivity contribution is -0.110. The molecule has 2 aromatic rings. The molecule has 1 heterocycles. The molecule has 1 N–H and O–H groups in total. The first-order valence-electron chi connectivity index (χ1n) is 6.70. The van der Waals surface area contributed by atoms with Crippen molar-refractivity contribution in [1.29, 1.82) is 0 Å². The van der Waals surface area contributed by atoms with Gasteiger partial charge in [0.1, 0.15) is 17.4 Å². The minimum Gasteiger partial charge on any atom is -0.496 e. The Kier molecular flexibility index (Phi) is 3.65. The van der Waals surface area contributed by atoms with Crippen molar-refractivity contribution in [2.75, 3.05) is 12.4 Å². The number of fused-ring (bicyclic) bond motifs is 1. The number of allylic oxidation sites excluding steroid dienone is 1. The molecular formula is C17H11F2NO3. The highest BCUT2D eigenvalue weighted by Gasteiger charge is 2.26. The van der Waals surface area contributed by atoms with Crippen LogP contribution in [0.1, 0.15) is 15.9 Å². The fourth-order valence-corrected chi connectivity index (χ4v) is 2.38. The number of anilines is 1. The average Bonchev–Trinajstić information content (AvgIpc) is 2.82. The molecule has 0 bridgehead atoms. The predicted molar refractivity (Wildman–Crippen MR) is 80.3 cm³/mol. The quantitative estimate of drug-likeness (QED) is 0.699. The predicted octanol–water partition coefficient (Wildman–Crippen LogP) is 3.19. The smallest absolute Gasteiger partial charge is 0.256 e. The first-order chi connectivity index (χ1) is 11.0. The summed E-state index contributed by atoms with van der Waals surface area (Å²) in [7, 11) is 1.31. The second kappa shape index (κ2) is 5.64. The van der Waals surface area contributed by atoms with Gasteiger partial charge in [0.05, 0.1) is 18.2 Å². The van der Waals surface area contributed by atoms with Crippen LogP contribution in [0, 0.1) is 11.6 Å². The zero-order chi connectivity index (χ0) is 16.6. The number of hydrogen-bond donors (Lipinski definition) is 1. The maximum atomic E-state index is 13.4. The Morgan fingerprint density at radius 3 is 2.57 bits per heavy atom. The Morgan fingerprint density at radius 1 is 1.13 bits per heavy atom. The molecule has 0 unspecified atom stereocenters. The van der Waals surface area contributed by atoms with Gasteiger partial charge in [0.25, 0.3) is 5.91 Å². The van der Waals surface area contributed by atoms with E-state index in [0.29, 0.717) is 11.3 Å². The Balaban J connectivity index is 2.04. The van der Waals surface area contributed by atoms with Gasteiger partial charge in [0.2, 0.25) is 0 Å². The Morgan fingerprint density at radius 2 is 1.83 bits per heavy atom. The van der Waals surface area contributed by atoms with E-state index in [1.807, 2.05) is 0 Å². The van der Waals surface area contributed by atoms with Crippen LogP contribution >= 0.6 is 0 Å². The molecule has 0 radical (unpaired) electrons. The summed E-state index contributed by atoms with van der Waals surface area (Å²) in [5.41, 5.74) is 0.904. The van der Waals surface area contributed by atoms with Crippen LogP contribution in [-0.4, -0.2) is 18.8 Å². The van der Waals surface area contributed by atoms with Crippen molar-refractivity contribution in [1.82, 2.24) is 0 Å². The highest BCUT2D eigenvalue weighted by atomic mass is 19.1. The maximum Gasteiger partial charge on any atom is 0.256 e. The molecule has 1 amide bonds. The fourth-order valence-electron chi connectivity index (χ4n) is 2.38. The van der Waals surface area contributed by atoms with E-state index in [9.17, 15) is 18.4 Å². The fraction of sp³-hybridized carbons (Fsp3) is 0.0588. The Labute approximate surface area is 130 Å². The van der Waals surface area contributed by atoms with Crippen molar-refractivity contribution in [3.05, 3.63) is 65.2 Å². The van der Waals surface area contributed by atoms with Crippen molar-refractivity contribution >= 4 is 23.0 Å². The summed E-state index contributed by atoms with van der Waals surface area (Å²) in [6.07, 6.45) is 1.09. The van der Waals surface area contributed by atoms with E-state index in [1.54, 1.807) is 0 Å². The lowest BCUT2D eigenvalue weighted by atomic mass is 10.0. The van der Waals surface area contributed by atoms with Gasteiger partial charge in [-0.05, 0) is 36.4 Å². The molecule has 0 aliphatic carbocycles. The SMILES string of the molecule is COc1cc(F)ccc1C(=O)/C=C1\C(=O)Nc2ccc(F)cc21. The third-order valence-electron chi connectivity index (χ3n) is 3.47. The monoisotopic (exact) mass is 315 g/mol. The molecule has 0 aromatic heterocycles. The third kappa shape index (κ3) is 2.70. The average molecular weight is 315 g/mol. The summed E-state index contributed by atoms with van der Waals surface area (Å²) in [6.45, 7) is 0. The summed E-state index contributed by atoms with van der Waals surface area (Å²) >= 11 is 0. The molecule has 0 saturated heterocycles. The van der Waals surface area contributed by atoms with Crippen LogP contribution in [0.4, 0.5) is 14.5 Å². The summed E-state index contributed by atoms with van der Waals surface area (Å²) < 4.78 is 31.5. The number of benzene rings is 2. The number of carbonyl (C=O) groups is 2. The minimum absolute atomic E-state index is 0.0517. The second-order valence-electron chi connectivity index (χ2n) is 4.91. The van der Waals surface area contributed by atoms with Crippen LogP contribution < -0.4 is 10.1 Å². The number of ketones is 1. The highest BCUT2D eigenvalue weighted by molar-refractivity contribution is 6.35. The number of carbonyl (C=O) groups excluding carboxylic acids is 2. The number of ether oxygens (including phenoxy) is 1. The van der Waals surface area contributed by atoms with Crippen LogP contribution in [0.2, 0.25) is 0 Å². The van der Waals surface area contributed by atoms with Gasteiger partial charge in [0, 0.05) is 17.3 Å². The number of amides is 1. The lowest BCUT2D eigenvalue weighted by Gasteiger charge is -2.06. The maximum absolute atomic E-state index is 13.4. The van der Waals surface area contributed by atoms with E-state index in [-0.39, 0.29) is 16.9 Å². The second-order valence-corrected chi connectivity index (χ2v) is 4.91. The van der Waals surface area contributed by atoms with Gasteiger partial charge >= 0.3 is 0 Å². The molecule has 116 valence electrons. The van der Waals surface area contributed by atoms with E-state index < -0.39 is 23.3 Å². The van der Waals surface area contributed by atoms with Crippen molar-refractivity contribution in [2.45, 2.75) is 0 Å². The molecule has 1 aliphatic rings. The van der Waals surface area contributed by atoms with Crippen LogP contribution in [-0.2, 0) is 4.79 Å². The molecule has 0 fully saturated rings. The minimum atomic E-state index is -0.544. The number of rotatable bonds is 3. The highest BCUT2D eigenvalue weighted by Crippen LogP contribution is 2.33. The largest absolute Gasteiger partial charge is 0.496 e. The van der Waals surface area contributed by atoms with Gasteiger partial charge in [-0.1, -0.05) is 0 Å². The summed E-state index contributed by atoms with van der Waals surface area (Å²) in [6, 6.07) is 7.28. The van der Waals surface area contributed by atoms with Crippen LogP contribution in [0.25, 0.3) is 5.57 Å². The molecule has 0 atom stereocenters. The van der Waals surface area contributed by atoms with Gasteiger partial charge in [-0.2, -0.15) is 0 Å². The summed E-state index contributed by atoms with van der Waals surface area (Å²) in [4.78, 5) is 24.4. The standard InChI is InChI=1S/C17H11F2NO3/c1-23-16-7-10(19)2-4-11(16)15(21)8-13-12-6-9(18)3-5-14(12)20-17(13)22/h2-8H,1H3,(H,20,22)/b13-8-. The van der Waals surface area contributed by atoms with Crippen molar-refractivity contribution in [3.63, 3.8) is 0 Å². The molecule has 0 saturated carbocycles. The van der Waals surface area contributed by atoms with Gasteiger partial charge in [-0.15, -0.1) is 0 Å². The number of nitrogens with one attached hydrogen (secondary N) is 1.